The zero-order chi connectivity index (χ0) is 19.3. The molecule has 0 atom stereocenters. The molecule has 0 bridgehead atoms. The van der Waals surface area contributed by atoms with Crippen LogP contribution in [0.2, 0.25) is 5.02 Å². The summed E-state index contributed by atoms with van der Waals surface area (Å²) in [5.41, 5.74) is 2.76. The van der Waals surface area contributed by atoms with Crippen molar-refractivity contribution in [2.24, 2.45) is 0 Å². The number of benzene rings is 2. The molecule has 0 saturated carbocycles. The van der Waals surface area contributed by atoms with Crippen LogP contribution in [0.4, 0.5) is 5.69 Å². The van der Waals surface area contributed by atoms with E-state index in [0.717, 1.165) is 11.1 Å². The van der Waals surface area contributed by atoms with Gasteiger partial charge in [-0.3, -0.25) is 9.78 Å². The first-order valence-electron chi connectivity index (χ1n) is 8.57. The zero-order valence-electron chi connectivity index (χ0n) is 14.7. The van der Waals surface area contributed by atoms with Gasteiger partial charge in [-0.15, -0.1) is 0 Å². The third-order valence-corrected chi connectivity index (χ3v) is 4.46. The Kier molecular flexibility index (Phi) is 5.12. The average Bonchev–Trinajstić information content (AvgIpc) is 3.19. The maximum atomic E-state index is 12.6. The molecule has 1 N–H and O–H groups in total. The molecular formula is C21H15ClN4O2. The second-order valence-corrected chi connectivity index (χ2v) is 6.42. The molecule has 0 fully saturated rings. The molecule has 2 aromatic heterocycles. The summed E-state index contributed by atoms with van der Waals surface area (Å²) >= 11 is 6.12. The van der Waals surface area contributed by atoms with Gasteiger partial charge in [0.2, 0.25) is 11.7 Å². The number of halogens is 1. The molecule has 6 nitrogen and oxygen atoms in total. The molecule has 28 heavy (non-hydrogen) atoms. The lowest BCUT2D eigenvalue weighted by Crippen LogP contribution is -2.14. The number of nitrogens with zero attached hydrogens (tertiary/aromatic N) is 3. The Hall–Kier alpha value is -3.51. The van der Waals surface area contributed by atoms with Gasteiger partial charge in [-0.05, 0) is 35.9 Å². The van der Waals surface area contributed by atoms with E-state index in [2.05, 4.69) is 20.4 Å². The molecule has 0 aliphatic carbocycles. The minimum atomic E-state index is -0.277. The van der Waals surface area contributed by atoms with Gasteiger partial charge in [-0.25, -0.2) is 0 Å². The molecule has 0 unspecified atom stereocenters. The summed E-state index contributed by atoms with van der Waals surface area (Å²) in [5, 5.41) is 7.32. The van der Waals surface area contributed by atoms with Crippen molar-refractivity contribution in [3.63, 3.8) is 0 Å². The lowest BCUT2D eigenvalue weighted by atomic mass is 10.1. The van der Waals surface area contributed by atoms with Gasteiger partial charge in [-0.2, -0.15) is 4.98 Å². The van der Waals surface area contributed by atoms with Crippen molar-refractivity contribution in [1.82, 2.24) is 15.1 Å². The molecule has 138 valence electrons. The van der Waals surface area contributed by atoms with E-state index in [9.17, 15) is 4.79 Å². The first kappa shape index (κ1) is 17.9. The Bertz CT molecular complexity index is 1110. The van der Waals surface area contributed by atoms with Gasteiger partial charge in [-0.1, -0.05) is 47.1 Å². The Morgan fingerprint density at radius 2 is 1.75 bits per heavy atom. The maximum Gasteiger partial charge on any atom is 0.257 e. The van der Waals surface area contributed by atoms with Crippen LogP contribution in [0.5, 0.6) is 0 Å². The number of amides is 1. The highest BCUT2D eigenvalue weighted by Gasteiger charge is 2.14. The molecule has 2 heterocycles. The number of pyridine rings is 1. The average molecular weight is 391 g/mol. The van der Waals surface area contributed by atoms with Gasteiger partial charge >= 0.3 is 0 Å². The van der Waals surface area contributed by atoms with Crippen molar-refractivity contribution >= 4 is 23.2 Å². The summed E-state index contributed by atoms with van der Waals surface area (Å²) in [6, 6.07) is 18.0. The third-order valence-electron chi connectivity index (χ3n) is 4.13. The number of carbonyl (C=O) groups excluding carboxylic acids is 1. The summed E-state index contributed by atoms with van der Waals surface area (Å²) < 4.78 is 5.37. The number of nitrogens with one attached hydrogen (secondary N) is 1. The molecule has 2 aromatic carbocycles. The molecule has 4 aromatic rings. The van der Waals surface area contributed by atoms with Gasteiger partial charge < -0.3 is 9.84 Å². The molecule has 7 heteroatoms. The molecule has 0 spiro atoms. The number of rotatable bonds is 5. The monoisotopic (exact) mass is 390 g/mol. The standard InChI is InChI=1S/C21H15ClN4O2/c22-17-7-3-2-6-16(17)21(27)24-18-8-4-1-5-15(18)13-19-25-20(26-28-19)14-9-11-23-12-10-14/h1-12H,13H2,(H,24,27). The van der Waals surface area contributed by atoms with Crippen LogP contribution >= 0.6 is 11.6 Å². The van der Waals surface area contributed by atoms with Crippen molar-refractivity contribution in [3.8, 4) is 11.4 Å². The fraction of sp³-hybridized carbons (Fsp3) is 0.0476. The van der Waals surface area contributed by atoms with E-state index >= 15 is 0 Å². The Labute approximate surface area is 166 Å². The molecule has 0 radical (unpaired) electrons. The third kappa shape index (κ3) is 3.92. The summed E-state index contributed by atoms with van der Waals surface area (Å²) in [6.45, 7) is 0. The maximum absolute atomic E-state index is 12.6. The molecule has 4 rings (SSSR count). The normalized spacial score (nSPS) is 10.6. The lowest BCUT2D eigenvalue weighted by molar-refractivity contribution is 0.102. The predicted molar refractivity (Wildman–Crippen MR) is 106 cm³/mol. The van der Waals surface area contributed by atoms with Crippen LogP contribution in [0.1, 0.15) is 21.8 Å². The zero-order valence-corrected chi connectivity index (χ0v) is 15.4. The Balaban J connectivity index is 1.55. The van der Waals surface area contributed by atoms with Crippen LogP contribution in [0, 0.1) is 0 Å². The van der Waals surface area contributed by atoms with Crippen molar-refractivity contribution in [3.05, 3.63) is 95.1 Å². The summed E-state index contributed by atoms with van der Waals surface area (Å²) in [4.78, 5) is 21.0. The van der Waals surface area contributed by atoms with Gasteiger partial charge in [0.05, 0.1) is 17.0 Å². The first-order chi connectivity index (χ1) is 13.7. The molecule has 0 aliphatic heterocycles. The Morgan fingerprint density at radius 3 is 2.57 bits per heavy atom. The van der Waals surface area contributed by atoms with E-state index in [1.54, 1.807) is 36.7 Å². The van der Waals surface area contributed by atoms with Gasteiger partial charge in [0.15, 0.2) is 0 Å². The number of anilines is 1. The molecule has 1 amide bonds. The number of hydrogen-bond donors (Lipinski definition) is 1. The van der Waals surface area contributed by atoms with Crippen LogP contribution < -0.4 is 5.32 Å². The van der Waals surface area contributed by atoms with Gasteiger partial charge in [0.1, 0.15) is 0 Å². The smallest absolute Gasteiger partial charge is 0.257 e. The first-order valence-corrected chi connectivity index (χ1v) is 8.95. The van der Waals surface area contributed by atoms with E-state index in [-0.39, 0.29) is 5.91 Å². The van der Waals surface area contributed by atoms with Crippen LogP contribution in [-0.2, 0) is 6.42 Å². The number of hydrogen-bond acceptors (Lipinski definition) is 5. The van der Waals surface area contributed by atoms with Crippen molar-refractivity contribution in [2.45, 2.75) is 6.42 Å². The van der Waals surface area contributed by atoms with Crippen molar-refractivity contribution in [2.75, 3.05) is 5.32 Å². The number of aromatic nitrogens is 3. The highest BCUT2D eigenvalue weighted by atomic mass is 35.5. The van der Waals surface area contributed by atoms with E-state index in [1.807, 2.05) is 36.4 Å². The van der Waals surface area contributed by atoms with Crippen LogP contribution in [-0.4, -0.2) is 21.0 Å². The van der Waals surface area contributed by atoms with E-state index in [1.165, 1.54) is 0 Å². The van der Waals surface area contributed by atoms with Gasteiger partial charge in [0, 0.05) is 23.6 Å². The predicted octanol–water partition coefficient (Wildman–Crippen LogP) is 4.63. The topological polar surface area (TPSA) is 80.9 Å². The summed E-state index contributed by atoms with van der Waals surface area (Å²) in [5.74, 6) is 0.669. The second kappa shape index (κ2) is 8.02. The van der Waals surface area contributed by atoms with E-state index in [4.69, 9.17) is 16.1 Å². The summed E-state index contributed by atoms with van der Waals surface area (Å²) in [7, 11) is 0. The van der Waals surface area contributed by atoms with Crippen molar-refractivity contribution in [1.29, 1.82) is 0 Å². The fourth-order valence-corrected chi connectivity index (χ4v) is 2.96. The summed E-state index contributed by atoms with van der Waals surface area (Å²) in [6.07, 6.45) is 3.73. The second-order valence-electron chi connectivity index (χ2n) is 6.02. The Morgan fingerprint density at radius 1 is 1.00 bits per heavy atom. The number of para-hydroxylation sites is 1. The van der Waals surface area contributed by atoms with Gasteiger partial charge in [0.25, 0.3) is 5.91 Å². The van der Waals surface area contributed by atoms with Crippen LogP contribution in [0.15, 0.2) is 77.6 Å². The molecular weight excluding hydrogens is 376 g/mol. The van der Waals surface area contributed by atoms with E-state index in [0.29, 0.717) is 34.4 Å². The van der Waals surface area contributed by atoms with E-state index < -0.39 is 0 Å². The highest BCUT2D eigenvalue weighted by Crippen LogP contribution is 2.23. The van der Waals surface area contributed by atoms with Crippen LogP contribution in [0.3, 0.4) is 0 Å². The lowest BCUT2D eigenvalue weighted by Gasteiger charge is -2.10. The minimum absolute atomic E-state index is 0.277. The largest absolute Gasteiger partial charge is 0.339 e. The SMILES string of the molecule is O=C(Nc1ccccc1Cc1nc(-c2ccncc2)no1)c1ccccc1Cl. The molecule has 0 aliphatic rings. The molecule has 0 saturated heterocycles. The van der Waals surface area contributed by atoms with Crippen molar-refractivity contribution < 1.29 is 9.32 Å². The quantitative estimate of drug-likeness (QED) is 0.537. The van der Waals surface area contributed by atoms with Crippen LogP contribution in [0.25, 0.3) is 11.4 Å². The fourth-order valence-electron chi connectivity index (χ4n) is 2.74. The number of carbonyl (C=O) groups is 1. The minimum Gasteiger partial charge on any atom is -0.339 e. The highest BCUT2D eigenvalue weighted by molar-refractivity contribution is 6.34.